The molecule has 0 N–H and O–H groups in total. The summed E-state index contributed by atoms with van der Waals surface area (Å²) in [5.74, 6) is -0.647. The predicted octanol–water partition coefficient (Wildman–Crippen LogP) is 12.3. The van der Waals surface area contributed by atoms with Gasteiger partial charge in [0.1, 0.15) is 0 Å². The van der Waals surface area contributed by atoms with Crippen LogP contribution in [0.5, 0.6) is 0 Å². The van der Waals surface area contributed by atoms with Crippen LogP contribution in [0.3, 0.4) is 0 Å². The van der Waals surface area contributed by atoms with Gasteiger partial charge in [-0.05, 0) is 120 Å². The zero-order valence-electron chi connectivity index (χ0n) is 33.2. The van der Waals surface area contributed by atoms with Crippen molar-refractivity contribution in [2.45, 2.75) is 31.3 Å². The number of nitrogens with zero attached hydrogens (tertiary/aromatic N) is 4. The fraction of sp³-hybridized carbons (Fsp3) is 0.271. The summed E-state index contributed by atoms with van der Waals surface area (Å²) in [6.07, 6.45) is 8.71. The number of cyclic esters (lactones) is 1. The minimum Gasteiger partial charge on any atom is -0.442 e. The average Bonchev–Trinajstić information content (AvgIpc) is 4.03. The molecule has 3 aliphatic heterocycles. The van der Waals surface area contributed by atoms with Crippen LogP contribution in [0.15, 0.2) is 109 Å². The molecule has 0 saturated carbocycles. The Morgan fingerprint density at radius 1 is 0.534 bits per heavy atom. The van der Waals surface area contributed by atoms with E-state index < -0.39 is 11.6 Å². The number of ether oxygens (including phenoxy) is 1. The van der Waals surface area contributed by atoms with E-state index in [4.69, 9.17) is 51.1 Å². The maximum Gasteiger partial charge on any atom is 0.341 e. The number of anilines is 4. The predicted molar refractivity (Wildman–Crippen MR) is 245 cm³/mol. The maximum atomic E-state index is 14.3. The van der Waals surface area contributed by atoms with E-state index in [1.54, 1.807) is 0 Å². The molecule has 10 heteroatoms. The lowest BCUT2D eigenvalue weighted by molar-refractivity contribution is 0.0300. The van der Waals surface area contributed by atoms with Crippen molar-refractivity contribution in [3.05, 3.63) is 163 Å². The summed E-state index contributed by atoms with van der Waals surface area (Å²) in [4.78, 5) is 23.3. The van der Waals surface area contributed by atoms with Crippen molar-refractivity contribution >= 4 is 86.3 Å². The summed E-state index contributed by atoms with van der Waals surface area (Å²) in [5, 5.41) is 0.151. The highest BCUT2D eigenvalue weighted by molar-refractivity contribution is 6.53. The molecule has 2 saturated heterocycles. The number of benzene rings is 5. The van der Waals surface area contributed by atoms with Crippen LogP contribution in [-0.4, -0.2) is 60.3 Å². The summed E-state index contributed by atoms with van der Waals surface area (Å²) >= 11 is 27.6. The van der Waals surface area contributed by atoms with Crippen LogP contribution in [-0.2, 0) is 10.3 Å². The first kappa shape index (κ1) is 40.2. The normalized spacial score (nSPS) is 16.5. The van der Waals surface area contributed by atoms with Crippen LogP contribution >= 0.6 is 46.4 Å². The molecule has 0 radical (unpaired) electrons. The number of hydrogen-bond acceptors (Lipinski definition) is 6. The highest BCUT2D eigenvalue weighted by Crippen LogP contribution is 2.53. The number of esters is 1. The molecular weight excluding hydrogens is 806 g/mol. The van der Waals surface area contributed by atoms with Crippen molar-refractivity contribution in [3.63, 3.8) is 0 Å². The van der Waals surface area contributed by atoms with Crippen LogP contribution in [0.4, 0.5) is 22.7 Å². The van der Waals surface area contributed by atoms with Crippen molar-refractivity contribution in [2.75, 3.05) is 74.0 Å². The number of halogens is 4. The molecule has 6 nitrogen and oxygen atoms in total. The molecule has 298 valence electrons. The maximum absolute atomic E-state index is 14.3. The van der Waals surface area contributed by atoms with Crippen molar-refractivity contribution in [3.8, 4) is 0 Å². The van der Waals surface area contributed by atoms with E-state index in [9.17, 15) is 4.79 Å². The van der Waals surface area contributed by atoms with E-state index in [1.165, 1.54) is 37.1 Å². The molecule has 0 spiro atoms. The molecular formula is C48H46Cl4N4O2. The summed E-state index contributed by atoms with van der Waals surface area (Å²) in [5.41, 5.74) is 8.68. The van der Waals surface area contributed by atoms with Gasteiger partial charge in [0.15, 0.2) is 5.60 Å². The van der Waals surface area contributed by atoms with E-state index in [-0.39, 0.29) is 25.7 Å². The van der Waals surface area contributed by atoms with E-state index in [0.29, 0.717) is 5.56 Å². The molecule has 2 fully saturated rings. The molecule has 5 aromatic carbocycles. The Morgan fingerprint density at radius 2 is 0.879 bits per heavy atom. The molecule has 3 heterocycles. The summed E-state index contributed by atoms with van der Waals surface area (Å²) < 4.78 is 6.66. The molecule has 58 heavy (non-hydrogen) atoms. The molecule has 0 amide bonds. The minimum absolute atomic E-state index is 0.00144. The monoisotopic (exact) mass is 850 g/mol. The molecule has 0 aliphatic carbocycles. The summed E-state index contributed by atoms with van der Waals surface area (Å²) in [6.45, 7) is 4.15. The van der Waals surface area contributed by atoms with Gasteiger partial charge in [-0.2, -0.15) is 0 Å². The van der Waals surface area contributed by atoms with Gasteiger partial charge in [-0.15, -0.1) is 0 Å². The van der Waals surface area contributed by atoms with E-state index >= 15 is 0 Å². The number of carbonyl (C=O) groups is 1. The van der Waals surface area contributed by atoms with Gasteiger partial charge in [0.2, 0.25) is 0 Å². The van der Waals surface area contributed by atoms with Crippen molar-refractivity contribution in [2.24, 2.45) is 0 Å². The molecule has 8 rings (SSSR count). The molecule has 0 bridgehead atoms. The van der Waals surface area contributed by atoms with Crippen LogP contribution in [0.25, 0.3) is 11.1 Å². The summed E-state index contributed by atoms with van der Waals surface area (Å²) in [7, 11) is 8.07. The van der Waals surface area contributed by atoms with Gasteiger partial charge >= 0.3 is 5.97 Å². The van der Waals surface area contributed by atoms with Gasteiger partial charge in [0.25, 0.3) is 0 Å². The summed E-state index contributed by atoms with van der Waals surface area (Å²) in [6, 6.07) is 33.9. The van der Waals surface area contributed by atoms with Gasteiger partial charge in [0.05, 0.1) is 25.7 Å². The van der Waals surface area contributed by atoms with Crippen LogP contribution in [0, 0.1) is 0 Å². The van der Waals surface area contributed by atoms with Gasteiger partial charge in [0, 0.05) is 82.7 Å². The van der Waals surface area contributed by atoms with Crippen molar-refractivity contribution in [1.82, 2.24) is 0 Å². The largest absolute Gasteiger partial charge is 0.442 e. The molecule has 3 aliphatic rings. The van der Waals surface area contributed by atoms with Crippen molar-refractivity contribution in [1.29, 1.82) is 0 Å². The smallest absolute Gasteiger partial charge is 0.341 e. The van der Waals surface area contributed by atoms with E-state index in [2.05, 4.69) is 117 Å². The highest BCUT2D eigenvalue weighted by atomic mass is 35.5. The Labute approximate surface area is 361 Å². The molecule has 0 unspecified atom stereocenters. The van der Waals surface area contributed by atoms with Crippen LogP contribution in [0.2, 0.25) is 20.1 Å². The Hall–Kier alpha value is -4.59. The Balaban J connectivity index is 1.41. The molecule has 5 aromatic rings. The van der Waals surface area contributed by atoms with E-state index in [1.807, 2.05) is 40.3 Å². The number of carbonyl (C=O) groups excluding carboxylic acids is 1. The average molecular weight is 853 g/mol. The fourth-order valence-corrected chi connectivity index (χ4v) is 9.40. The number of rotatable bonds is 10. The topological polar surface area (TPSA) is 39.3 Å². The third-order valence-corrected chi connectivity index (χ3v) is 13.3. The quantitative estimate of drug-likeness (QED) is 0.0792. The SMILES string of the molecule is CN(C)c1ccc(/C(=C\C2(/C=C(\c3ccc(N(C)C)cc3)c3ccc(N4CCCC4)cc3)OC(=O)c3c(Cl)c(Cl)c(Cl)c(Cl)c32)c2ccc(N3CCCC3)cc2)cc1. The number of hydrogen-bond donors (Lipinski definition) is 0. The fourth-order valence-electron chi connectivity index (χ4n) is 8.32. The first-order valence-corrected chi connectivity index (χ1v) is 21.3. The molecule has 0 aromatic heterocycles. The first-order valence-electron chi connectivity index (χ1n) is 19.8. The Bertz CT molecular complexity index is 2250. The third-order valence-electron chi connectivity index (χ3n) is 11.5. The molecule has 0 atom stereocenters. The Kier molecular flexibility index (Phi) is 11.5. The van der Waals surface area contributed by atoms with Gasteiger partial charge in [-0.25, -0.2) is 4.79 Å². The van der Waals surface area contributed by atoms with Gasteiger partial charge < -0.3 is 24.3 Å². The van der Waals surface area contributed by atoms with Gasteiger partial charge in [-0.1, -0.05) is 94.9 Å². The van der Waals surface area contributed by atoms with Crippen molar-refractivity contribution < 1.29 is 9.53 Å². The minimum atomic E-state index is -1.59. The lowest BCUT2D eigenvalue weighted by atomic mass is 9.83. The number of fused-ring (bicyclic) bond motifs is 1. The Morgan fingerprint density at radius 3 is 1.24 bits per heavy atom. The third kappa shape index (κ3) is 7.68. The first-order chi connectivity index (χ1) is 27.9. The lowest BCUT2D eigenvalue weighted by Crippen LogP contribution is -2.23. The van der Waals surface area contributed by atoms with Gasteiger partial charge in [-0.3, -0.25) is 0 Å². The van der Waals surface area contributed by atoms with Crippen LogP contribution in [0.1, 0.15) is 63.9 Å². The lowest BCUT2D eigenvalue weighted by Gasteiger charge is -2.28. The highest BCUT2D eigenvalue weighted by Gasteiger charge is 2.48. The zero-order chi connectivity index (χ0) is 40.7. The van der Waals surface area contributed by atoms with E-state index in [0.717, 1.165) is 71.0 Å². The van der Waals surface area contributed by atoms with Crippen LogP contribution < -0.4 is 19.6 Å². The zero-order valence-corrected chi connectivity index (χ0v) is 36.2. The second-order valence-electron chi connectivity index (χ2n) is 15.7. The second-order valence-corrected chi connectivity index (χ2v) is 17.2. The second kappa shape index (κ2) is 16.6. The standard InChI is InChI=1S/C48H46Cl4N4O2/c1-53(2)35-17-9-31(10-18-35)39(33-13-21-37(22-14-33)55-25-5-6-26-55)29-48(42-41(47(57)58-48)43(49)45(51)46(52)44(42)50)30-40(32-11-19-36(20-12-32)54(3)4)34-15-23-38(24-16-34)56-27-7-8-28-56/h9-24,29-30H,5-8,25-28H2,1-4H3/b39-29+,40-30+.